The molecular weight excluding hydrogens is 230 g/mol. The van der Waals surface area contributed by atoms with Gasteiger partial charge in [-0.25, -0.2) is 14.8 Å². The fourth-order valence-corrected chi connectivity index (χ4v) is 2.25. The van der Waals surface area contributed by atoms with E-state index in [-0.39, 0.29) is 5.69 Å². The molecule has 0 unspecified atom stereocenters. The number of nitrogens with zero attached hydrogens (tertiary/aromatic N) is 3. The van der Waals surface area contributed by atoms with Gasteiger partial charge in [-0.15, -0.1) is 0 Å². The molecule has 1 aliphatic heterocycles. The first-order valence-electron chi connectivity index (χ1n) is 6.51. The highest BCUT2D eigenvalue weighted by Crippen LogP contribution is 2.16. The largest absolute Gasteiger partial charge is 0.477 e. The Morgan fingerprint density at radius 1 is 1.17 bits per heavy atom. The van der Waals surface area contributed by atoms with E-state index >= 15 is 0 Å². The summed E-state index contributed by atoms with van der Waals surface area (Å²) in [4.78, 5) is 21.6. The predicted molar refractivity (Wildman–Crippen MR) is 69.0 cm³/mol. The molecule has 2 heterocycles. The van der Waals surface area contributed by atoms with Crippen molar-refractivity contribution < 1.29 is 9.90 Å². The lowest BCUT2D eigenvalue weighted by Crippen LogP contribution is -2.29. The number of anilines is 1. The zero-order valence-corrected chi connectivity index (χ0v) is 10.7. The van der Waals surface area contributed by atoms with Crippen LogP contribution in [0.2, 0.25) is 0 Å². The van der Waals surface area contributed by atoms with E-state index in [1.54, 1.807) is 0 Å². The number of carboxylic acid groups (broad SMARTS) is 1. The number of aromatic nitrogens is 2. The van der Waals surface area contributed by atoms with Crippen LogP contribution in [0, 0.1) is 6.92 Å². The molecule has 1 N–H and O–H groups in total. The minimum absolute atomic E-state index is 0.0829. The zero-order chi connectivity index (χ0) is 13.0. The van der Waals surface area contributed by atoms with E-state index in [0.717, 1.165) is 25.9 Å². The van der Waals surface area contributed by atoms with E-state index in [0.29, 0.717) is 11.6 Å². The molecule has 18 heavy (non-hydrogen) atoms. The van der Waals surface area contributed by atoms with E-state index < -0.39 is 5.97 Å². The van der Waals surface area contributed by atoms with Crippen molar-refractivity contribution in [2.24, 2.45) is 0 Å². The molecule has 0 radical (unpaired) electrons. The van der Waals surface area contributed by atoms with E-state index in [1.165, 1.54) is 25.3 Å². The summed E-state index contributed by atoms with van der Waals surface area (Å²) in [5, 5.41) is 9.02. The molecule has 0 aliphatic carbocycles. The van der Waals surface area contributed by atoms with Gasteiger partial charge in [-0.05, 0) is 25.8 Å². The molecule has 98 valence electrons. The van der Waals surface area contributed by atoms with Gasteiger partial charge in [0.15, 0.2) is 5.69 Å². The van der Waals surface area contributed by atoms with Crippen LogP contribution in [0.3, 0.4) is 0 Å². The molecule has 1 saturated heterocycles. The summed E-state index contributed by atoms with van der Waals surface area (Å²) in [7, 11) is 0. The van der Waals surface area contributed by atoms with E-state index in [9.17, 15) is 4.79 Å². The Balaban J connectivity index is 2.22. The Morgan fingerprint density at radius 3 is 2.39 bits per heavy atom. The van der Waals surface area contributed by atoms with Gasteiger partial charge in [0.2, 0.25) is 5.95 Å². The lowest BCUT2D eigenvalue weighted by atomic mass is 10.1. The second kappa shape index (κ2) is 5.80. The third-order valence-corrected chi connectivity index (χ3v) is 3.20. The molecule has 0 spiro atoms. The molecule has 5 heteroatoms. The summed E-state index contributed by atoms with van der Waals surface area (Å²) in [5.74, 6) is -0.428. The highest BCUT2D eigenvalue weighted by atomic mass is 16.4. The molecule has 5 nitrogen and oxygen atoms in total. The third-order valence-electron chi connectivity index (χ3n) is 3.20. The molecule has 0 amide bonds. The predicted octanol–water partition coefficient (Wildman–Crippen LogP) is 2.25. The maximum Gasteiger partial charge on any atom is 0.354 e. The summed E-state index contributed by atoms with van der Waals surface area (Å²) in [6.07, 6.45) is 6.00. The van der Waals surface area contributed by atoms with Gasteiger partial charge in [0.1, 0.15) is 0 Å². The molecule has 1 aromatic heterocycles. The van der Waals surface area contributed by atoms with Crippen LogP contribution in [-0.4, -0.2) is 34.1 Å². The van der Waals surface area contributed by atoms with Crippen molar-refractivity contribution in [1.82, 2.24) is 9.97 Å². The van der Waals surface area contributed by atoms with Crippen LogP contribution >= 0.6 is 0 Å². The van der Waals surface area contributed by atoms with Crippen LogP contribution in [0.4, 0.5) is 5.95 Å². The number of hydrogen-bond acceptors (Lipinski definition) is 4. The van der Waals surface area contributed by atoms with Crippen molar-refractivity contribution in [3.8, 4) is 0 Å². The van der Waals surface area contributed by atoms with Crippen LogP contribution in [0.15, 0.2) is 6.07 Å². The SMILES string of the molecule is Cc1cc(C(=O)O)nc(N2CCCCCCC2)n1. The van der Waals surface area contributed by atoms with Gasteiger partial charge in [0.05, 0.1) is 0 Å². The van der Waals surface area contributed by atoms with Crippen LogP contribution in [0.5, 0.6) is 0 Å². The van der Waals surface area contributed by atoms with Gasteiger partial charge in [0, 0.05) is 18.8 Å². The van der Waals surface area contributed by atoms with Crippen LogP contribution < -0.4 is 4.90 Å². The topological polar surface area (TPSA) is 66.3 Å². The van der Waals surface area contributed by atoms with Crippen molar-refractivity contribution in [3.05, 3.63) is 17.5 Å². The Bertz CT molecular complexity index is 426. The molecule has 2 rings (SSSR count). The molecule has 1 fully saturated rings. The maximum absolute atomic E-state index is 11.0. The van der Waals surface area contributed by atoms with Crippen LogP contribution in [0.25, 0.3) is 0 Å². The Hall–Kier alpha value is -1.65. The third kappa shape index (κ3) is 3.18. The highest BCUT2D eigenvalue weighted by Gasteiger charge is 2.15. The lowest BCUT2D eigenvalue weighted by Gasteiger charge is -2.25. The number of carbonyl (C=O) groups is 1. The van der Waals surface area contributed by atoms with Gasteiger partial charge in [-0.2, -0.15) is 0 Å². The van der Waals surface area contributed by atoms with Crippen molar-refractivity contribution in [3.63, 3.8) is 0 Å². The summed E-state index contributed by atoms with van der Waals surface area (Å²) in [6, 6.07) is 1.51. The van der Waals surface area contributed by atoms with E-state index in [2.05, 4.69) is 14.9 Å². The number of hydrogen-bond donors (Lipinski definition) is 1. The smallest absolute Gasteiger partial charge is 0.354 e. The molecule has 0 atom stereocenters. The number of rotatable bonds is 2. The Morgan fingerprint density at radius 2 is 1.78 bits per heavy atom. The van der Waals surface area contributed by atoms with Gasteiger partial charge < -0.3 is 10.0 Å². The Labute approximate surface area is 107 Å². The molecule has 1 aromatic rings. The van der Waals surface area contributed by atoms with Crippen LogP contribution in [0.1, 0.15) is 48.3 Å². The zero-order valence-electron chi connectivity index (χ0n) is 10.7. The fraction of sp³-hybridized carbons (Fsp3) is 0.615. The summed E-state index contributed by atoms with van der Waals surface area (Å²) >= 11 is 0. The van der Waals surface area contributed by atoms with Gasteiger partial charge in [-0.3, -0.25) is 0 Å². The van der Waals surface area contributed by atoms with Crippen molar-refractivity contribution >= 4 is 11.9 Å². The first kappa shape index (κ1) is 12.8. The van der Waals surface area contributed by atoms with E-state index in [1.807, 2.05) is 6.92 Å². The number of aromatic carboxylic acids is 1. The molecule has 0 bridgehead atoms. The van der Waals surface area contributed by atoms with Crippen molar-refractivity contribution in [2.75, 3.05) is 18.0 Å². The van der Waals surface area contributed by atoms with Crippen molar-refractivity contribution in [1.29, 1.82) is 0 Å². The van der Waals surface area contributed by atoms with Crippen LogP contribution in [-0.2, 0) is 0 Å². The van der Waals surface area contributed by atoms with Gasteiger partial charge in [-0.1, -0.05) is 19.3 Å². The molecule has 0 aromatic carbocycles. The summed E-state index contributed by atoms with van der Waals surface area (Å²) < 4.78 is 0. The summed E-state index contributed by atoms with van der Waals surface area (Å²) in [5.41, 5.74) is 0.791. The minimum Gasteiger partial charge on any atom is -0.477 e. The molecule has 0 saturated carbocycles. The standard InChI is InChI=1S/C13H19N3O2/c1-10-9-11(12(17)18)15-13(14-10)16-7-5-3-2-4-6-8-16/h9H,2-8H2,1H3,(H,17,18). The number of carboxylic acids is 1. The average Bonchev–Trinajstić information content (AvgIpc) is 2.27. The lowest BCUT2D eigenvalue weighted by molar-refractivity contribution is 0.0690. The molecule has 1 aliphatic rings. The summed E-state index contributed by atoms with van der Waals surface area (Å²) in [6.45, 7) is 3.65. The average molecular weight is 249 g/mol. The fourth-order valence-electron chi connectivity index (χ4n) is 2.25. The second-order valence-corrected chi connectivity index (χ2v) is 4.75. The van der Waals surface area contributed by atoms with Gasteiger partial charge in [0.25, 0.3) is 0 Å². The maximum atomic E-state index is 11.0. The minimum atomic E-state index is -0.992. The van der Waals surface area contributed by atoms with E-state index in [4.69, 9.17) is 5.11 Å². The highest BCUT2D eigenvalue weighted by molar-refractivity contribution is 5.85. The monoisotopic (exact) mass is 249 g/mol. The normalized spacial score (nSPS) is 17.1. The first-order valence-corrected chi connectivity index (χ1v) is 6.51. The molecular formula is C13H19N3O2. The first-order chi connectivity index (χ1) is 8.66. The second-order valence-electron chi connectivity index (χ2n) is 4.75. The van der Waals surface area contributed by atoms with Crippen molar-refractivity contribution in [2.45, 2.75) is 39.0 Å². The van der Waals surface area contributed by atoms with Gasteiger partial charge >= 0.3 is 5.97 Å². The quantitative estimate of drug-likeness (QED) is 0.870. The number of aryl methyl sites for hydroxylation is 1. The Kier molecular flexibility index (Phi) is 4.12.